The van der Waals surface area contributed by atoms with Crippen LogP contribution in [0.25, 0.3) is 0 Å². The van der Waals surface area contributed by atoms with Crippen LogP contribution in [-0.2, 0) is 0 Å². The lowest BCUT2D eigenvalue weighted by atomic mass is 10.1. The highest BCUT2D eigenvalue weighted by Crippen LogP contribution is 2.18. The molecular formula is C12H16N2. The maximum absolute atomic E-state index is 7.55. The predicted octanol–water partition coefficient (Wildman–Crippen LogP) is 2.61. The molecule has 0 bridgehead atoms. The van der Waals surface area contributed by atoms with Gasteiger partial charge in [-0.25, -0.2) is 0 Å². The van der Waals surface area contributed by atoms with Gasteiger partial charge in [-0.1, -0.05) is 17.7 Å². The van der Waals surface area contributed by atoms with Gasteiger partial charge in [-0.05, 0) is 19.1 Å². The standard InChI is InChI=1S/C12H16N2/c1-10-2-4-12(5-3-10)14-8-6-11(13)7-9-14/h2-5,13H,6-9H2,1H3. The van der Waals surface area contributed by atoms with E-state index >= 15 is 0 Å². The normalized spacial score (nSPS) is 17.2. The van der Waals surface area contributed by atoms with Gasteiger partial charge >= 0.3 is 0 Å². The molecule has 1 fully saturated rings. The summed E-state index contributed by atoms with van der Waals surface area (Å²) in [6.45, 7) is 4.11. The van der Waals surface area contributed by atoms with Crippen LogP contribution in [0, 0.1) is 12.3 Å². The maximum atomic E-state index is 7.55. The first-order valence-electron chi connectivity index (χ1n) is 5.13. The number of nitrogens with zero attached hydrogens (tertiary/aromatic N) is 1. The predicted molar refractivity (Wildman–Crippen MR) is 60.4 cm³/mol. The summed E-state index contributed by atoms with van der Waals surface area (Å²) in [6, 6.07) is 8.64. The van der Waals surface area contributed by atoms with Crippen LogP contribution < -0.4 is 4.90 Å². The SMILES string of the molecule is Cc1ccc(N2CCC(=N)CC2)cc1. The van der Waals surface area contributed by atoms with Crippen LogP contribution in [0.2, 0.25) is 0 Å². The van der Waals surface area contributed by atoms with Gasteiger partial charge in [0.25, 0.3) is 0 Å². The van der Waals surface area contributed by atoms with E-state index in [4.69, 9.17) is 5.41 Å². The topological polar surface area (TPSA) is 27.1 Å². The summed E-state index contributed by atoms with van der Waals surface area (Å²) >= 11 is 0. The van der Waals surface area contributed by atoms with Gasteiger partial charge in [-0.15, -0.1) is 0 Å². The molecule has 0 saturated carbocycles. The average Bonchev–Trinajstić information content (AvgIpc) is 2.21. The van der Waals surface area contributed by atoms with E-state index in [2.05, 4.69) is 36.1 Å². The second-order valence-corrected chi connectivity index (χ2v) is 3.93. The molecule has 0 unspecified atom stereocenters. The van der Waals surface area contributed by atoms with Crippen molar-refractivity contribution >= 4 is 11.4 Å². The summed E-state index contributed by atoms with van der Waals surface area (Å²) < 4.78 is 0. The molecular weight excluding hydrogens is 172 g/mol. The largest absolute Gasteiger partial charge is 0.371 e. The molecule has 1 aliphatic rings. The Morgan fingerprint density at radius 1 is 1.07 bits per heavy atom. The maximum Gasteiger partial charge on any atom is 0.0366 e. The van der Waals surface area contributed by atoms with Gasteiger partial charge in [0.1, 0.15) is 0 Å². The van der Waals surface area contributed by atoms with Crippen molar-refractivity contribution in [1.82, 2.24) is 0 Å². The van der Waals surface area contributed by atoms with Gasteiger partial charge in [0, 0.05) is 37.3 Å². The van der Waals surface area contributed by atoms with E-state index in [1.165, 1.54) is 11.3 Å². The molecule has 1 N–H and O–H groups in total. The van der Waals surface area contributed by atoms with Crippen LogP contribution in [0.3, 0.4) is 0 Å². The minimum absolute atomic E-state index is 0.897. The third kappa shape index (κ3) is 1.95. The summed E-state index contributed by atoms with van der Waals surface area (Å²) in [6.07, 6.45) is 1.85. The molecule has 14 heavy (non-hydrogen) atoms. The fraction of sp³-hybridized carbons (Fsp3) is 0.417. The zero-order chi connectivity index (χ0) is 9.97. The first-order chi connectivity index (χ1) is 6.75. The number of hydrogen-bond donors (Lipinski definition) is 1. The summed E-state index contributed by atoms with van der Waals surface area (Å²) in [5.41, 5.74) is 3.50. The molecule has 2 heteroatoms. The van der Waals surface area contributed by atoms with Crippen LogP contribution in [0.15, 0.2) is 24.3 Å². The van der Waals surface area contributed by atoms with Crippen molar-refractivity contribution < 1.29 is 0 Å². The Kier molecular flexibility index (Phi) is 2.53. The highest BCUT2D eigenvalue weighted by molar-refractivity contribution is 5.83. The number of rotatable bonds is 1. The number of anilines is 1. The van der Waals surface area contributed by atoms with Gasteiger partial charge in [0.15, 0.2) is 0 Å². The zero-order valence-corrected chi connectivity index (χ0v) is 8.59. The van der Waals surface area contributed by atoms with E-state index in [1.54, 1.807) is 0 Å². The number of hydrogen-bond acceptors (Lipinski definition) is 2. The van der Waals surface area contributed by atoms with Gasteiger partial charge in [-0.2, -0.15) is 0 Å². The van der Waals surface area contributed by atoms with Crippen molar-refractivity contribution in [3.63, 3.8) is 0 Å². The molecule has 0 amide bonds. The second kappa shape index (κ2) is 3.82. The number of nitrogens with one attached hydrogen (secondary N) is 1. The van der Waals surface area contributed by atoms with E-state index in [-0.39, 0.29) is 0 Å². The van der Waals surface area contributed by atoms with Crippen LogP contribution in [-0.4, -0.2) is 18.8 Å². The molecule has 1 saturated heterocycles. The molecule has 0 aliphatic carbocycles. The second-order valence-electron chi connectivity index (χ2n) is 3.93. The smallest absolute Gasteiger partial charge is 0.0366 e. The Bertz CT molecular complexity index is 317. The van der Waals surface area contributed by atoms with E-state index in [9.17, 15) is 0 Å². The van der Waals surface area contributed by atoms with E-state index < -0.39 is 0 Å². The number of benzene rings is 1. The van der Waals surface area contributed by atoms with Gasteiger partial charge in [0.2, 0.25) is 0 Å². The Labute approximate surface area is 85.1 Å². The molecule has 1 aromatic rings. The first-order valence-corrected chi connectivity index (χ1v) is 5.13. The lowest BCUT2D eigenvalue weighted by Crippen LogP contribution is -2.33. The molecule has 0 atom stereocenters. The van der Waals surface area contributed by atoms with Crippen molar-refractivity contribution in [3.8, 4) is 0 Å². The highest BCUT2D eigenvalue weighted by Gasteiger charge is 2.13. The Hall–Kier alpha value is -1.31. The molecule has 1 aromatic carbocycles. The minimum atomic E-state index is 0.897. The molecule has 1 heterocycles. The third-order valence-corrected chi connectivity index (χ3v) is 2.77. The first kappa shape index (κ1) is 9.25. The molecule has 1 aliphatic heterocycles. The van der Waals surface area contributed by atoms with E-state index in [0.717, 1.165) is 31.6 Å². The quantitative estimate of drug-likeness (QED) is 0.720. The summed E-state index contributed by atoms with van der Waals surface area (Å²) in [4.78, 5) is 2.36. The number of aryl methyl sites for hydroxylation is 1. The van der Waals surface area contributed by atoms with Gasteiger partial charge in [0.05, 0.1) is 0 Å². The van der Waals surface area contributed by atoms with Crippen LogP contribution in [0.4, 0.5) is 5.69 Å². The lowest BCUT2D eigenvalue weighted by molar-refractivity contribution is 0.755. The third-order valence-electron chi connectivity index (χ3n) is 2.77. The monoisotopic (exact) mass is 188 g/mol. The fourth-order valence-electron chi connectivity index (χ4n) is 1.79. The van der Waals surface area contributed by atoms with E-state index in [1.807, 2.05) is 0 Å². The molecule has 0 aromatic heterocycles. The van der Waals surface area contributed by atoms with Crippen LogP contribution >= 0.6 is 0 Å². The van der Waals surface area contributed by atoms with Gasteiger partial charge in [-0.3, -0.25) is 0 Å². The average molecular weight is 188 g/mol. The minimum Gasteiger partial charge on any atom is -0.371 e. The van der Waals surface area contributed by atoms with Crippen molar-refractivity contribution in [3.05, 3.63) is 29.8 Å². The van der Waals surface area contributed by atoms with Crippen molar-refractivity contribution in [2.24, 2.45) is 0 Å². The Balaban J connectivity index is 2.08. The Morgan fingerprint density at radius 3 is 2.21 bits per heavy atom. The molecule has 2 nitrogen and oxygen atoms in total. The molecule has 0 radical (unpaired) electrons. The lowest BCUT2D eigenvalue weighted by Gasteiger charge is -2.29. The fourth-order valence-corrected chi connectivity index (χ4v) is 1.79. The summed E-state index contributed by atoms with van der Waals surface area (Å²) in [7, 11) is 0. The molecule has 2 rings (SSSR count). The number of piperidine rings is 1. The zero-order valence-electron chi connectivity index (χ0n) is 8.59. The summed E-state index contributed by atoms with van der Waals surface area (Å²) in [5.74, 6) is 0. The van der Waals surface area contributed by atoms with Crippen molar-refractivity contribution in [1.29, 1.82) is 5.41 Å². The molecule has 0 spiro atoms. The summed E-state index contributed by atoms with van der Waals surface area (Å²) in [5, 5.41) is 7.55. The van der Waals surface area contributed by atoms with Crippen molar-refractivity contribution in [2.75, 3.05) is 18.0 Å². The van der Waals surface area contributed by atoms with E-state index in [0.29, 0.717) is 0 Å². The van der Waals surface area contributed by atoms with Gasteiger partial charge < -0.3 is 10.3 Å². The highest BCUT2D eigenvalue weighted by atomic mass is 15.1. The van der Waals surface area contributed by atoms with Crippen LogP contribution in [0.5, 0.6) is 0 Å². The molecule has 74 valence electrons. The Morgan fingerprint density at radius 2 is 1.64 bits per heavy atom. The van der Waals surface area contributed by atoms with Crippen molar-refractivity contribution in [2.45, 2.75) is 19.8 Å². The van der Waals surface area contributed by atoms with Crippen LogP contribution in [0.1, 0.15) is 18.4 Å².